The van der Waals surface area contributed by atoms with Crippen LogP contribution in [0.2, 0.25) is 0 Å². The second-order valence-corrected chi connectivity index (χ2v) is 27.8. The molecule has 0 rings (SSSR count). The first-order chi connectivity index (χ1) is 43.7. The molecule has 0 saturated carbocycles. The topological polar surface area (TPSA) is 237 Å². The molecule has 2 unspecified atom stereocenters. The van der Waals surface area contributed by atoms with Crippen molar-refractivity contribution in [2.45, 2.75) is 367 Å². The van der Waals surface area contributed by atoms with Crippen molar-refractivity contribution in [2.24, 2.45) is 0 Å². The molecule has 0 aromatic heterocycles. The van der Waals surface area contributed by atoms with Crippen molar-refractivity contribution in [2.75, 3.05) is 39.6 Å². The number of rotatable bonds is 70. The van der Waals surface area contributed by atoms with E-state index in [0.717, 1.165) is 116 Å². The van der Waals surface area contributed by atoms with Crippen molar-refractivity contribution in [3.05, 3.63) is 24.3 Å². The van der Waals surface area contributed by atoms with E-state index in [4.69, 9.17) is 37.0 Å². The third-order valence-corrected chi connectivity index (χ3v) is 17.9. The van der Waals surface area contributed by atoms with Crippen LogP contribution in [0.4, 0.5) is 0 Å². The molecular formula is C71H134O17P2. The van der Waals surface area contributed by atoms with Gasteiger partial charge in [0.05, 0.1) is 26.4 Å². The van der Waals surface area contributed by atoms with Crippen LogP contribution in [-0.2, 0) is 65.4 Å². The summed E-state index contributed by atoms with van der Waals surface area (Å²) in [5, 5.41) is 10.5. The van der Waals surface area contributed by atoms with Gasteiger partial charge in [0.25, 0.3) is 0 Å². The number of aliphatic hydroxyl groups excluding tert-OH is 1. The molecule has 0 aliphatic rings. The van der Waals surface area contributed by atoms with Crippen molar-refractivity contribution < 1.29 is 80.2 Å². The molecule has 0 fully saturated rings. The van der Waals surface area contributed by atoms with E-state index in [1.165, 1.54) is 154 Å². The number of unbranched alkanes of at least 4 members (excludes halogenated alkanes) is 41. The van der Waals surface area contributed by atoms with E-state index < -0.39 is 97.5 Å². The number of carbonyl (C=O) groups excluding carboxylic acids is 4. The first-order valence-electron chi connectivity index (χ1n) is 36.6. The second kappa shape index (κ2) is 65.2. The predicted octanol–water partition coefficient (Wildman–Crippen LogP) is 20.2. The Morgan fingerprint density at radius 3 is 0.811 bits per heavy atom. The molecule has 5 atom stereocenters. The Morgan fingerprint density at radius 2 is 0.533 bits per heavy atom. The van der Waals surface area contributed by atoms with Crippen molar-refractivity contribution in [1.29, 1.82) is 0 Å². The van der Waals surface area contributed by atoms with Crippen LogP contribution in [0.1, 0.15) is 349 Å². The normalized spacial score (nSPS) is 14.2. The highest BCUT2D eigenvalue weighted by Gasteiger charge is 2.30. The zero-order chi connectivity index (χ0) is 66.1. The molecule has 17 nitrogen and oxygen atoms in total. The number of hydrogen-bond donors (Lipinski definition) is 3. The molecule has 0 aromatic carbocycles. The summed E-state index contributed by atoms with van der Waals surface area (Å²) >= 11 is 0. The van der Waals surface area contributed by atoms with Crippen LogP contribution in [0.15, 0.2) is 24.3 Å². The number of hydrogen-bond acceptors (Lipinski definition) is 15. The molecule has 3 N–H and O–H groups in total. The van der Waals surface area contributed by atoms with Crippen molar-refractivity contribution in [3.63, 3.8) is 0 Å². The summed E-state index contributed by atoms with van der Waals surface area (Å²) in [4.78, 5) is 72.2. The Hall–Kier alpha value is -2.46. The Balaban J connectivity index is 5.16. The SMILES string of the molecule is CCCCCC/C=C\C=C/CCCCCCCC(=O)OC[C@H](COP(=O)(O)OC[C@@H](O)COP(=O)(O)OC[C@@H](COC(=O)CCCCCCC)OC(=O)CCCCCCCCCCCC)OC(=O)CCCCCCCCCCCCCCCCCCCCCC. The van der Waals surface area contributed by atoms with E-state index in [1.807, 2.05) is 0 Å². The number of ether oxygens (including phenoxy) is 4. The van der Waals surface area contributed by atoms with Crippen LogP contribution in [0, 0.1) is 0 Å². The van der Waals surface area contributed by atoms with Gasteiger partial charge in [-0.1, -0.05) is 296 Å². The van der Waals surface area contributed by atoms with Gasteiger partial charge in [0.2, 0.25) is 0 Å². The summed E-state index contributed by atoms with van der Waals surface area (Å²) in [7, 11) is -9.90. The van der Waals surface area contributed by atoms with Gasteiger partial charge in [0, 0.05) is 25.7 Å². The number of aliphatic hydroxyl groups is 1. The molecule has 530 valence electrons. The Labute approximate surface area is 548 Å². The molecule has 0 bridgehead atoms. The number of allylic oxidation sites excluding steroid dienone is 4. The Morgan fingerprint density at radius 1 is 0.311 bits per heavy atom. The first-order valence-corrected chi connectivity index (χ1v) is 39.6. The Kier molecular flexibility index (Phi) is 63.4. The van der Waals surface area contributed by atoms with E-state index in [2.05, 4.69) is 52.0 Å². The third-order valence-electron chi connectivity index (χ3n) is 16.0. The fraction of sp³-hybridized carbons (Fsp3) is 0.887. The van der Waals surface area contributed by atoms with E-state index in [0.29, 0.717) is 25.7 Å². The molecule has 0 aromatic rings. The van der Waals surface area contributed by atoms with Crippen LogP contribution in [0.3, 0.4) is 0 Å². The number of phosphoric ester groups is 2. The van der Waals surface area contributed by atoms with Gasteiger partial charge in [0.1, 0.15) is 19.3 Å². The number of esters is 4. The van der Waals surface area contributed by atoms with Crippen LogP contribution < -0.4 is 0 Å². The molecule has 90 heavy (non-hydrogen) atoms. The van der Waals surface area contributed by atoms with Gasteiger partial charge in [-0.2, -0.15) is 0 Å². The first kappa shape index (κ1) is 87.5. The minimum atomic E-state index is -4.96. The lowest BCUT2D eigenvalue weighted by atomic mass is 10.0. The monoisotopic (exact) mass is 1320 g/mol. The van der Waals surface area contributed by atoms with Gasteiger partial charge >= 0.3 is 39.5 Å². The average molecular weight is 1320 g/mol. The summed E-state index contributed by atoms with van der Waals surface area (Å²) in [5.41, 5.74) is 0. The second-order valence-electron chi connectivity index (χ2n) is 24.9. The standard InChI is InChI=1S/C71H134O17P2/c1-5-9-13-17-20-23-26-28-30-31-32-33-34-36-38-40-43-46-50-54-58-71(76)88-67(62-82-69(74)56-52-48-44-42-39-37-35-29-27-24-21-18-14-10-6-2)64-86-90(79,80)84-60-65(72)59-83-89(77,78)85-63-66(61-81-68(73)55-51-47-16-12-8-4)87-70(75)57-53-49-45-41-25-22-19-15-11-7-3/h24,27,29,35,65-67,72H,5-23,25-26,28,30-34,36-64H2,1-4H3,(H,77,78)(H,79,80)/b27-24-,35-29-/t65-,66+,67+/m0/s1. The van der Waals surface area contributed by atoms with Gasteiger partial charge < -0.3 is 33.8 Å². The molecule has 19 heteroatoms. The summed E-state index contributed by atoms with van der Waals surface area (Å²) in [5.74, 6) is -2.16. The lowest BCUT2D eigenvalue weighted by molar-refractivity contribution is -0.161. The van der Waals surface area contributed by atoms with Gasteiger partial charge in [-0.25, -0.2) is 9.13 Å². The van der Waals surface area contributed by atoms with Crippen LogP contribution in [-0.4, -0.2) is 96.7 Å². The molecule has 0 aliphatic heterocycles. The molecule has 0 radical (unpaired) electrons. The highest BCUT2D eigenvalue weighted by Crippen LogP contribution is 2.45. The molecule has 0 heterocycles. The van der Waals surface area contributed by atoms with Gasteiger partial charge in [-0.15, -0.1) is 0 Å². The summed E-state index contributed by atoms with van der Waals surface area (Å²) in [6.45, 7) is 4.78. The zero-order valence-corrected chi connectivity index (χ0v) is 59.4. The fourth-order valence-electron chi connectivity index (χ4n) is 10.3. The minimum absolute atomic E-state index is 0.102. The lowest BCUT2D eigenvalue weighted by Crippen LogP contribution is -2.30. The molecule has 0 spiro atoms. The summed E-state index contributed by atoms with van der Waals surface area (Å²) in [6.07, 6.45) is 56.8. The zero-order valence-electron chi connectivity index (χ0n) is 57.6. The maximum Gasteiger partial charge on any atom is 0.472 e. The average Bonchev–Trinajstić information content (AvgIpc) is 3.65. The van der Waals surface area contributed by atoms with Crippen molar-refractivity contribution >= 4 is 39.5 Å². The minimum Gasteiger partial charge on any atom is -0.462 e. The maximum atomic E-state index is 13.0. The molecule has 0 amide bonds. The highest BCUT2D eigenvalue weighted by molar-refractivity contribution is 7.47. The summed E-state index contributed by atoms with van der Waals surface area (Å²) < 4.78 is 68.0. The van der Waals surface area contributed by atoms with E-state index >= 15 is 0 Å². The van der Waals surface area contributed by atoms with Crippen molar-refractivity contribution in [1.82, 2.24) is 0 Å². The fourth-order valence-corrected chi connectivity index (χ4v) is 11.9. The van der Waals surface area contributed by atoms with E-state index in [9.17, 15) is 43.2 Å². The maximum absolute atomic E-state index is 13.0. The van der Waals surface area contributed by atoms with Gasteiger partial charge in [-0.05, 0) is 51.4 Å². The third kappa shape index (κ3) is 64.3. The van der Waals surface area contributed by atoms with Crippen molar-refractivity contribution in [3.8, 4) is 0 Å². The van der Waals surface area contributed by atoms with Gasteiger partial charge in [0.15, 0.2) is 12.2 Å². The molecular weight excluding hydrogens is 1190 g/mol. The van der Waals surface area contributed by atoms with E-state index in [-0.39, 0.29) is 25.7 Å². The predicted molar refractivity (Wildman–Crippen MR) is 363 cm³/mol. The van der Waals surface area contributed by atoms with Gasteiger partial charge in [-0.3, -0.25) is 37.3 Å². The number of carbonyl (C=O) groups is 4. The van der Waals surface area contributed by atoms with Crippen LogP contribution in [0.25, 0.3) is 0 Å². The quantitative estimate of drug-likeness (QED) is 0.0169. The van der Waals surface area contributed by atoms with Crippen LogP contribution >= 0.6 is 15.6 Å². The Bertz CT molecular complexity index is 1820. The molecule has 0 aliphatic carbocycles. The lowest BCUT2D eigenvalue weighted by Gasteiger charge is -2.21. The van der Waals surface area contributed by atoms with Crippen LogP contribution in [0.5, 0.6) is 0 Å². The number of phosphoric acid groups is 2. The van der Waals surface area contributed by atoms with E-state index in [1.54, 1.807) is 0 Å². The summed E-state index contributed by atoms with van der Waals surface area (Å²) in [6, 6.07) is 0. The molecule has 0 saturated heterocycles. The highest BCUT2D eigenvalue weighted by atomic mass is 31.2. The smallest absolute Gasteiger partial charge is 0.462 e. The largest absolute Gasteiger partial charge is 0.472 e.